The number of hydrogen-bond acceptors (Lipinski definition) is 4. The molecule has 0 fully saturated rings. The zero-order chi connectivity index (χ0) is 25.0. The molecular formula is C32H23BrN4. The van der Waals surface area contributed by atoms with E-state index in [1.54, 1.807) is 12.4 Å². The number of nitrogens with one attached hydrogen (secondary N) is 1. The van der Waals surface area contributed by atoms with Crippen molar-refractivity contribution >= 4 is 27.6 Å². The highest BCUT2D eigenvalue weighted by atomic mass is 79.9. The van der Waals surface area contributed by atoms with Crippen molar-refractivity contribution < 1.29 is 0 Å². The first-order chi connectivity index (χ1) is 18.2. The van der Waals surface area contributed by atoms with Gasteiger partial charge in [0.1, 0.15) is 12.0 Å². The SMILES string of the molecule is Brc1cc(C2=NC(c3ccccc3)NC(c3ccc(-c4ccccc4)cc3)=N2)cc(-c2ccncc2)c1. The van der Waals surface area contributed by atoms with E-state index < -0.39 is 0 Å². The van der Waals surface area contributed by atoms with E-state index in [1.165, 1.54) is 11.1 Å². The fourth-order valence-electron chi connectivity index (χ4n) is 4.41. The first-order valence-electron chi connectivity index (χ1n) is 12.1. The topological polar surface area (TPSA) is 49.6 Å². The molecule has 0 saturated heterocycles. The third-order valence-corrected chi connectivity index (χ3v) is 6.75. The standard InChI is InChI=1S/C32H23BrN4/c33-29-20-27(24-15-17-34-18-16-24)19-28(21-29)32-36-30(25-9-5-2-6-10-25)35-31(37-32)26-13-11-23(12-14-26)22-7-3-1-4-8-22/h1-21,30H,(H,35,36,37). The molecule has 0 saturated carbocycles. The molecule has 6 rings (SSSR count). The second-order valence-corrected chi connectivity index (χ2v) is 9.69. The number of amidine groups is 2. The van der Waals surface area contributed by atoms with Gasteiger partial charge < -0.3 is 5.32 Å². The zero-order valence-corrected chi connectivity index (χ0v) is 21.5. The molecule has 0 amide bonds. The Labute approximate surface area is 224 Å². The van der Waals surface area contributed by atoms with Crippen LogP contribution in [0.3, 0.4) is 0 Å². The van der Waals surface area contributed by atoms with Gasteiger partial charge in [-0.15, -0.1) is 0 Å². The predicted molar refractivity (Wildman–Crippen MR) is 155 cm³/mol. The number of rotatable bonds is 5. The van der Waals surface area contributed by atoms with E-state index in [2.05, 4.69) is 105 Å². The monoisotopic (exact) mass is 542 g/mol. The van der Waals surface area contributed by atoms with Crippen molar-refractivity contribution in [3.05, 3.63) is 149 Å². The van der Waals surface area contributed by atoms with E-state index in [4.69, 9.17) is 9.98 Å². The summed E-state index contributed by atoms with van der Waals surface area (Å²) in [5.74, 6) is 1.48. The number of nitrogens with zero attached hydrogens (tertiary/aromatic N) is 3. The van der Waals surface area contributed by atoms with Crippen LogP contribution >= 0.6 is 15.9 Å². The maximum absolute atomic E-state index is 5.02. The molecule has 1 aliphatic heterocycles. The molecule has 37 heavy (non-hydrogen) atoms. The quantitative estimate of drug-likeness (QED) is 0.247. The van der Waals surface area contributed by atoms with E-state index >= 15 is 0 Å². The van der Waals surface area contributed by atoms with Crippen molar-refractivity contribution in [2.24, 2.45) is 9.98 Å². The Balaban J connectivity index is 1.42. The molecule has 0 aliphatic carbocycles. The van der Waals surface area contributed by atoms with E-state index in [-0.39, 0.29) is 6.17 Å². The third kappa shape index (κ3) is 5.13. The predicted octanol–water partition coefficient (Wildman–Crippen LogP) is 7.67. The fourth-order valence-corrected chi connectivity index (χ4v) is 4.91. The summed E-state index contributed by atoms with van der Waals surface area (Å²) < 4.78 is 0.971. The Morgan fingerprint density at radius 2 is 1.16 bits per heavy atom. The van der Waals surface area contributed by atoms with Crippen LogP contribution in [-0.2, 0) is 0 Å². The molecule has 2 heterocycles. The molecule has 1 aromatic heterocycles. The minimum absolute atomic E-state index is 0.249. The van der Waals surface area contributed by atoms with Crippen LogP contribution in [0.15, 0.2) is 142 Å². The Morgan fingerprint density at radius 1 is 0.568 bits per heavy atom. The van der Waals surface area contributed by atoms with E-state index in [9.17, 15) is 0 Å². The number of halogens is 1. The highest BCUT2D eigenvalue weighted by molar-refractivity contribution is 9.10. The van der Waals surface area contributed by atoms with E-state index in [0.29, 0.717) is 5.84 Å². The van der Waals surface area contributed by atoms with Crippen LogP contribution in [0.2, 0.25) is 0 Å². The lowest BCUT2D eigenvalue weighted by atomic mass is 10.0. The molecular weight excluding hydrogens is 520 g/mol. The number of pyridine rings is 1. The van der Waals surface area contributed by atoms with E-state index in [1.807, 2.05) is 36.4 Å². The molecule has 4 aromatic carbocycles. The molecule has 0 spiro atoms. The van der Waals surface area contributed by atoms with Crippen molar-refractivity contribution in [1.29, 1.82) is 0 Å². The molecule has 1 N–H and O–H groups in total. The summed E-state index contributed by atoms with van der Waals surface area (Å²) in [5, 5.41) is 3.55. The van der Waals surface area contributed by atoms with Gasteiger partial charge >= 0.3 is 0 Å². The van der Waals surface area contributed by atoms with Gasteiger partial charge in [0.2, 0.25) is 0 Å². The Hall–Kier alpha value is -4.35. The molecule has 178 valence electrons. The minimum Gasteiger partial charge on any atom is -0.344 e. The Morgan fingerprint density at radius 3 is 1.89 bits per heavy atom. The summed E-state index contributed by atoms with van der Waals surface area (Å²) in [7, 11) is 0. The van der Waals surface area contributed by atoms with Crippen molar-refractivity contribution in [1.82, 2.24) is 10.3 Å². The molecule has 0 bridgehead atoms. The van der Waals surface area contributed by atoms with Crippen molar-refractivity contribution in [3.8, 4) is 22.3 Å². The normalized spacial score (nSPS) is 14.9. The van der Waals surface area contributed by atoms with Crippen LogP contribution < -0.4 is 5.32 Å². The Bertz CT molecular complexity index is 1580. The van der Waals surface area contributed by atoms with Crippen LogP contribution in [0.4, 0.5) is 0 Å². The third-order valence-electron chi connectivity index (χ3n) is 6.29. The fraction of sp³-hybridized carbons (Fsp3) is 0.0312. The summed E-state index contributed by atoms with van der Waals surface area (Å²) >= 11 is 3.69. The number of aliphatic imine (C=N–C) groups is 2. The van der Waals surface area contributed by atoms with Gasteiger partial charge in [0.25, 0.3) is 0 Å². The van der Waals surface area contributed by atoms with Gasteiger partial charge in [0, 0.05) is 28.0 Å². The van der Waals surface area contributed by atoms with Gasteiger partial charge in [-0.25, -0.2) is 9.98 Å². The van der Waals surface area contributed by atoms with Gasteiger partial charge in [-0.3, -0.25) is 4.98 Å². The summed E-state index contributed by atoms with van der Waals surface area (Å²) in [6.07, 6.45) is 3.36. The minimum atomic E-state index is -0.249. The average molecular weight is 543 g/mol. The van der Waals surface area contributed by atoms with Crippen LogP contribution in [-0.4, -0.2) is 16.7 Å². The van der Waals surface area contributed by atoms with Crippen LogP contribution in [0.25, 0.3) is 22.3 Å². The molecule has 5 aromatic rings. The van der Waals surface area contributed by atoms with Gasteiger partial charge in [-0.05, 0) is 58.1 Å². The number of hydrogen-bond donors (Lipinski definition) is 1. The van der Waals surface area contributed by atoms with Crippen molar-refractivity contribution in [3.63, 3.8) is 0 Å². The summed E-state index contributed by atoms with van der Waals surface area (Å²) in [5.41, 5.74) is 7.57. The highest BCUT2D eigenvalue weighted by Crippen LogP contribution is 2.28. The van der Waals surface area contributed by atoms with Gasteiger partial charge in [0.15, 0.2) is 5.84 Å². The van der Waals surface area contributed by atoms with Crippen LogP contribution in [0, 0.1) is 0 Å². The van der Waals surface area contributed by atoms with Gasteiger partial charge in [-0.1, -0.05) is 101 Å². The highest BCUT2D eigenvalue weighted by Gasteiger charge is 2.21. The largest absolute Gasteiger partial charge is 0.344 e. The summed E-state index contributed by atoms with van der Waals surface area (Å²) in [4.78, 5) is 14.2. The smallest absolute Gasteiger partial charge is 0.159 e. The van der Waals surface area contributed by atoms with Crippen LogP contribution in [0.1, 0.15) is 22.9 Å². The van der Waals surface area contributed by atoms with Gasteiger partial charge in [0.05, 0.1) is 0 Å². The summed E-state index contributed by atoms with van der Waals surface area (Å²) in [6.45, 7) is 0. The molecule has 0 radical (unpaired) electrons. The first-order valence-corrected chi connectivity index (χ1v) is 12.9. The molecule has 1 atom stereocenters. The summed E-state index contributed by atoms with van der Waals surface area (Å²) in [6, 6.07) is 39.5. The number of benzene rings is 4. The molecule has 1 aliphatic rings. The second-order valence-electron chi connectivity index (χ2n) is 8.78. The zero-order valence-electron chi connectivity index (χ0n) is 19.9. The Kier molecular flexibility index (Phi) is 6.44. The van der Waals surface area contributed by atoms with Crippen LogP contribution in [0.5, 0.6) is 0 Å². The maximum atomic E-state index is 5.02. The number of aromatic nitrogens is 1. The lowest BCUT2D eigenvalue weighted by molar-refractivity contribution is 0.674. The molecule has 1 unspecified atom stereocenters. The molecule has 4 nitrogen and oxygen atoms in total. The van der Waals surface area contributed by atoms with Crippen molar-refractivity contribution in [2.45, 2.75) is 6.17 Å². The first kappa shape index (κ1) is 23.1. The van der Waals surface area contributed by atoms with E-state index in [0.717, 1.165) is 38.1 Å². The lowest BCUT2D eigenvalue weighted by Crippen LogP contribution is -2.33. The maximum Gasteiger partial charge on any atom is 0.159 e. The average Bonchev–Trinajstić information content (AvgIpc) is 2.98. The van der Waals surface area contributed by atoms with Crippen molar-refractivity contribution in [2.75, 3.05) is 0 Å². The second kappa shape index (κ2) is 10.3. The molecule has 5 heteroatoms. The van der Waals surface area contributed by atoms with Gasteiger partial charge in [-0.2, -0.15) is 0 Å². The lowest BCUT2D eigenvalue weighted by Gasteiger charge is -2.24.